The van der Waals surface area contributed by atoms with Crippen LogP contribution >= 0.6 is 0 Å². The summed E-state index contributed by atoms with van der Waals surface area (Å²) in [7, 11) is 0. The second-order valence-electron chi connectivity index (χ2n) is 5.19. The van der Waals surface area contributed by atoms with Gasteiger partial charge in [-0.2, -0.15) is 0 Å². The van der Waals surface area contributed by atoms with Gasteiger partial charge in [-0.25, -0.2) is 0 Å². The zero-order valence-corrected chi connectivity index (χ0v) is 9.58. The normalized spacial score (nSPS) is 29.4. The van der Waals surface area contributed by atoms with E-state index in [-0.39, 0.29) is 6.10 Å². The fraction of sp³-hybridized carbons (Fsp3) is 0.692. The minimum absolute atomic E-state index is 0.165. The van der Waals surface area contributed by atoms with Gasteiger partial charge in [0.25, 0.3) is 0 Å². The predicted molar refractivity (Wildman–Crippen MR) is 61.2 cm³/mol. The monoisotopic (exact) mass is 221 g/mol. The maximum atomic E-state index is 6.06. The molecule has 1 aromatic rings. The number of nitrogens with one attached hydrogen (secondary N) is 1. The minimum Gasteiger partial charge on any atom is -0.472 e. The van der Waals surface area contributed by atoms with Gasteiger partial charge in [-0.15, -0.1) is 0 Å². The van der Waals surface area contributed by atoms with E-state index in [2.05, 4.69) is 5.32 Å². The number of rotatable bonds is 1. The van der Waals surface area contributed by atoms with E-state index >= 15 is 0 Å². The van der Waals surface area contributed by atoms with Gasteiger partial charge in [-0.3, -0.25) is 0 Å². The molecule has 1 saturated carbocycles. The second-order valence-corrected chi connectivity index (χ2v) is 5.19. The summed E-state index contributed by atoms with van der Waals surface area (Å²) in [6.45, 7) is 2.92. The van der Waals surface area contributed by atoms with Crippen molar-refractivity contribution < 1.29 is 9.15 Å². The first kappa shape index (κ1) is 10.4. The van der Waals surface area contributed by atoms with Gasteiger partial charge in [-0.1, -0.05) is 12.8 Å². The van der Waals surface area contributed by atoms with Crippen LogP contribution in [0, 0.1) is 5.41 Å². The SMILES string of the molecule is c1cc(C2CNCC3(CCCC3)CO2)co1. The van der Waals surface area contributed by atoms with Crippen molar-refractivity contribution >= 4 is 0 Å². The van der Waals surface area contributed by atoms with Crippen LogP contribution in [0.5, 0.6) is 0 Å². The van der Waals surface area contributed by atoms with Crippen LogP contribution in [-0.2, 0) is 4.74 Å². The molecule has 0 amide bonds. The average molecular weight is 221 g/mol. The molecular formula is C13H19NO2. The molecule has 0 bridgehead atoms. The third kappa shape index (κ3) is 1.89. The van der Waals surface area contributed by atoms with Crippen molar-refractivity contribution in [3.05, 3.63) is 24.2 Å². The first-order chi connectivity index (χ1) is 7.88. The standard InChI is InChI=1S/C13H19NO2/c1-2-5-13(4-1)9-14-7-12(16-10-13)11-3-6-15-8-11/h3,6,8,12,14H,1-2,4-5,7,9-10H2. The molecule has 16 heavy (non-hydrogen) atoms. The fourth-order valence-corrected chi connectivity index (χ4v) is 2.97. The summed E-state index contributed by atoms with van der Waals surface area (Å²) < 4.78 is 11.2. The minimum atomic E-state index is 0.165. The van der Waals surface area contributed by atoms with Crippen molar-refractivity contribution in [2.75, 3.05) is 19.7 Å². The summed E-state index contributed by atoms with van der Waals surface area (Å²) in [6.07, 6.45) is 9.03. The topological polar surface area (TPSA) is 34.4 Å². The van der Waals surface area contributed by atoms with Gasteiger partial charge in [0.2, 0.25) is 0 Å². The van der Waals surface area contributed by atoms with Gasteiger partial charge in [0.15, 0.2) is 0 Å². The van der Waals surface area contributed by atoms with Crippen molar-refractivity contribution in [1.29, 1.82) is 0 Å². The van der Waals surface area contributed by atoms with Crippen LogP contribution in [-0.4, -0.2) is 19.7 Å². The summed E-state index contributed by atoms with van der Waals surface area (Å²) in [6, 6.07) is 2.00. The molecule has 1 aromatic heterocycles. The highest BCUT2D eigenvalue weighted by Gasteiger charge is 2.36. The lowest BCUT2D eigenvalue weighted by molar-refractivity contribution is 0.0155. The lowest BCUT2D eigenvalue weighted by Crippen LogP contribution is -2.32. The number of furan rings is 1. The van der Waals surface area contributed by atoms with E-state index in [4.69, 9.17) is 9.15 Å². The Bertz CT molecular complexity index is 328. The number of hydrogen-bond donors (Lipinski definition) is 1. The molecule has 3 nitrogen and oxygen atoms in total. The molecule has 1 spiro atoms. The fourth-order valence-electron chi connectivity index (χ4n) is 2.97. The highest BCUT2D eigenvalue weighted by molar-refractivity contribution is 5.10. The lowest BCUT2D eigenvalue weighted by atomic mass is 9.87. The second kappa shape index (κ2) is 4.22. The van der Waals surface area contributed by atoms with Crippen LogP contribution in [0.15, 0.2) is 23.0 Å². The van der Waals surface area contributed by atoms with Gasteiger partial charge in [0.05, 0.1) is 25.2 Å². The highest BCUT2D eigenvalue weighted by atomic mass is 16.5. The zero-order valence-electron chi connectivity index (χ0n) is 9.58. The van der Waals surface area contributed by atoms with E-state index in [9.17, 15) is 0 Å². The van der Waals surface area contributed by atoms with E-state index in [1.807, 2.05) is 6.07 Å². The van der Waals surface area contributed by atoms with Gasteiger partial charge in [0, 0.05) is 24.1 Å². The molecule has 2 heterocycles. The Morgan fingerprint density at radius 1 is 1.31 bits per heavy atom. The van der Waals surface area contributed by atoms with Crippen LogP contribution in [0.25, 0.3) is 0 Å². The maximum Gasteiger partial charge on any atom is 0.0980 e. The summed E-state index contributed by atoms with van der Waals surface area (Å²) in [5.41, 5.74) is 1.57. The largest absolute Gasteiger partial charge is 0.472 e. The van der Waals surface area contributed by atoms with Gasteiger partial charge in [0.1, 0.15) is 0 Å². The molecule has 1 aliphatic heterocycles. The molecule has 1 atom stereocenters. The molecule has 3 heteroatoms. The first-order valence-corrected chi connectivity index (χ1v) is 6.22. The molecule has 0 aromatic carbocycles. The van der Waals surface area contributed by atoms with E-state index in [1.54, 1.807) is 12.5 Å². The highest BCUT2D eigenvalue weighted by Crippen LogP contribution is 2.40. The van der Waals surface area contributed by atoms with Crippen LogP contribution in [0.3, 0.4) is 0 Å². The Morgan fingerprint density at radius 3 is 2.94 bits per heavy atom. The molecule has 1 unspecified atom stereocenters. The molecule has 2 fully saturated rings. The summed E-state index contributed by atoms with van der Waals surface area (Å²) in [5, 5.41) is 3.55. The maximum absolute atomic E-state index is 6.06. The molecule has 2 aliphatic rings. The van der Waals surface area contributed by atoms with Crippen LogP contribution in [0.1, 0.15) is 37.4 Å². The molecule has 88 valence electrons. The van der Waals surface area contributed by atoms with E-state index in [0.29, 0.717) is 5.41 Å². The molecule has 1 aliphatic carbocycles. The Hall–Kier alpha value is -0.800. The quantitative estimate of drug-likeness (QED) is 0.791. The Morgan fingerprint density at radius 2 is 2.19 bits per heavy atom. The van der Waals surface area contributed by atoms with Gasteiger partial charge in [-0.05, 0) is 18.9 Å². The van der Waals surface area contributed by atoms with Crippen molar-refractivity contribution in [2.24, 2.45) is 5.41 Å². The van der Waals surface area contributed by atoms with Crippen molar-refractivity contribution in [2.45, 2.75) is 31.8 Å². The lowest BCUT2D eigenvalue weighted by Gasteiger charge is -2.26. The average Bonchev–Trinajstić information content (AvgIpc) is 2.90. The molecule has 1 N–H and O–H groups in total. The first-order valence-electron chi connectivity index (χ1n) is 6.22. The number of ether oxygens (including phenoxy) is 1. The molecular weight excluding hydrogens is 202 g/mol. The Balaban J connectivity index is 1.69. The molecule has 3 rings (SSSR count). The summed E-state index contributed by atoms with van der Waals surface area (Å²) >= 11 is 0. The van der Waals surface area contributed by atoms with Crippen LogP contribution in [0.4, 0.5) is 0 Å². The molecule has 0 radical (unpaired) electrons. The number of hydrogen-bond acceptors (Lipinski definition) is 3. The van der Waals surface area contributed by atoms with Gasteiger partial charge < -0.3 is 14.5 Å². The Kier molecular flexibility index (Phi) is 2.74. The van der Waals surface area contributed by atoms with Crippen molar-refractivity contribution in [3.8, 4) is 0 Å². The summed E-state index contributed by atoms with van der Waals surface area (Å²) in [4.78, 5) is 0. The molecule has 1 saturated heterocycles. The van der Waals surface area contributed by atoms with Crippen LogP contribution in [0.2, 0.25) is 0 Å². The third-order valence-electron chi connectivity index (χ3n) is 4.00. The predicted octanol–water partition coefficient (Wildman–Crippen LogP) is 2.50. The van der Waals surface area contributed by atoms with Crippen molar-refractivity contribution in [1.82, 2.24) is 5.32 Å². The van der Waals surface area contributed by atoms with Crippen LogP contribution < -0.4 is 5.32 Å². The van der Waals surface area contributed by atoms with Gasteiger partial charge >= 0.3 is 0 Å². The Labute approximate surface area is 96.2 Å². The van der Waals surface area contributed by atoms with E-state index in [1.165, 1.54) is 25.7 Å². The van der Waals surface area contributed by atoms with E-state index < -0.39 is 0 Å². The smallest absolute Gasteiger partial charge is 0.0980 e. The zero-order chi connectivity index (χ0) is 10.8. The third-order valence-corrected chi connectivity index (χ3v) is 4.00. The van der Waals surface area contributed by atoms with Crippen molar-refractivity contribution in [3.63, 3.8) is 0 Å². The summed E-state index contributed by atoms with van der Waals surface area (Å²) in [5.74, 6) is 0. The van der Waals surface area contributed by atoms with E-state index in [0.717, 1.165) is 25.3 Å².